The number of rotatable bonds is 5. The van der Waals surface area contributed by atoms with Crippen LogP contribution in [0.3, 0.4) is 0 Å². The van der Waals surface area contributed by atoms with Crippen LogP contribution in [0.15, 0.2) is 12.3 Å². The molecule has 0 saturated carbocycles. The van der Waals surface area contributed by atoms with Crippen LogP contribution in [0.2, 0.25) is 0 Å². The molecule has 0 radical (unpaired) electrons. The number of hydrogen-bond acceptors (Lipinski definition) is 5. The van der Waals surface area contributed by atoms with E-state index in [1.165, 1.54) is 0 Å². The molecule has 1 aromatic rings. The minimum atomic E-state index is 0.497. The first-order valence-corrected chi connectivity index (χ1v) is 6.22. The standard InChI is InChI=1S/C13H20N2O3/c1-16-12-3-6-14-11(13(12)17-2)9-15-10-4-7-18-8-5-10/h3,6,10,15H,4-5,7-9H2,1-2H3. The van der Waals surface area contributed by atoms with Crippen molar-refractivity contribution >= 4 is 0 Å². The van der Waals surface area contributed by atoms with Gasteiger partial charge in [0.05, 0.1) is 19.9 Å². The minimum absolute atomic E-state index is 0.497. The van der Waals surface area contributed by atoms with Gasteiger partial charge in [-0.05, 0) is 12.8 Å². The van der Waals surface area contributed by atoms with Crippen molar-refractivity contribution in [2.24, 2.45) is 0 Å². The minimum Gasteiger partial charge on any atom is -0.493 e. The SMILES string of the molecule is COc1ccnc(CNC2CCOCC2)c1OC. The van der Waals surface area contributed by atoms with E-state index in [1.807, 2.05) is 0 Å². The Balaban J connectivity index is 1.99. The van der Waals surface area contributed by atoms with E-state index in [0.717, 1.165) is 37.5 Å². The normalized spacial score (nSPS) is 16.6. The Labute approximate surface area is 107 Å². The molecule has 18 heavy (non-hydrogen) atoms. The molecule has 1 saturated heterocycles. The molecule has 0 atom stereocenters. The molecule has 1 aliphatic heterocycles. The third-order valence-electron chi connectivity index (χ3n) is 3.15. The first-order valence-electron chi connectivity index (χ1n) is 6.22. The zero-order valence-corrected chi connectivity index (χ0v) is 10.9. The number of hydrogen-bond donors (Lipinski definition) is 1. The topological polar surface area (TPSA) is 52.6 Å². The molecule has 0 unspecified atom stereocenters. The number of methoxy groups -OCH3 is 2. The van der Waals surface area contributed by atoms with Gasteiger partial charge in [-0.15, -0.1) is 0 Å². The monoisotopic (exact) mass is 252 g/mol. The third-order valence-corrected chi connectivity index (χ3v) is 3.15. The Morgan fingerprint density at radius 1 is 1.33 bits per heavy atom. The highest BCUT2D eigenvalue weighted by molar-refractivity contribution is 5.42. The van der Waals surface area contributed by atoms with E-state index in [4.69, 9.17) is 14.2 Å². The Bertz CT molecular complexity index is 378. The largest absolute Gasteiger partial charge is 0.493 e. The fourth-order valence-corrected chi connectivity index (χ4v) is 2.12. The summed E-state index contributed by atoms with van der Waals surface area (Å²) in [5.41, 5.74) is 0.878. The molecule has 1 fully saturated rings. The first kappa shape index (κ1) is 13.1. The van der Waals surface area contributed by atoms with Crippen molar-refractivity contribution in [3.05, 3.63) is 18.0 Å². The quantitative estimate of drug-likeness (QED) is 0.857. The zero-order valence-electron chi connectivity index (χ0n) is 10.9. The molecule has 1 N–H and O–H groups in total. The van der Waals surface area contributed by atoms with Gasteiger partial charge in [-0.25, -0.2) is 0 Å². The van der Waals surface area contributed by atoms with Gasteiger partial charge >= 0.3 is 0 Å². The molecule has 2 heterocycles. The molecule has 1 aliphatic rings. The highest BCUT2D eigenvalue weighted by Crippen LogP contribution is 2.28. The maximum Gasteiger partial charge on any atom is 0.183 e. The summed E-state index contributed by atoms with van der Waals surface area (Å²) in [5, 5.41) is 3.49. The van der Waals surface area contributed by atoms with Gasteiger partial charge in [0.15, 0.2) is 11.5 Å². The molecule has 1 aromatic heterocycles. The van der Waals surface area contributed by atoms with Gasteiger partial charge in [0.2, 0.25) is 0 Å². The molecule has 2 rings (SSSR count). The number of nitrogens with one attached hydrogen (secondary N) is 1. The third kappa shape index (κ3) is 3.11. The van der Waals surface area contributed by atoms with E-state index in [1.54, 1.807) is 26.5 Å². The van der Waals surface area contributed by atoms with Crippen LogP contribution in [0.1, 0.15) is 18.5 Å². The van der Waals surface area contributed by atoms with Crippen molar-refractivity contribution in [3.63, 3.8) is 0 Å². The van der Waals surface area contributed by atoms with Gasteiger partial charge in [0.25, 0.3) is 0 Å². The molecule has 0 bridgehead atoms. The second kappa shape index (κ2) is 6.56. The van der Waals surface area contributed by atoms with Crippen molar-refractivity contribution in [2.75, 3.05) is 27.4 Å². The van der Waals surface area contributed by atoms with Crippen LogP contribution in [0.4, 0.5) is 0 Å². The molecule has 0 aromatic carbocycles. The molecule has 0 amide bonds. The lowest BCUT2D eigenvalue weighted by molar-refractivity contribution is 0.0774. The van der Waals surface area contributed by atoms with E-state index >= 15 is 0 Å². The Kier molecular flexibility index (Phi) is 4.78. The maximum atomic E-state index is 5.36. The maximum absolute atomic E-state index is 5.36. The van der Waals surface area contributed by atoms with E-state index < -0.39 is 0 Å². The Morgan fingerprint density at radius 2 is 2.11 bits per heavy atom. The van der Waals surface area contributed by atoms with Crippen molar-refractivity contribution in [2.45, 2.75) is 25.4 Å². The predicted molar refractivity (Wildman–Crippen MR) is 68.0 cm³/mol. The molecule has 0 aliphatic carbocycles. The predicted octanol–water partition coefficient (Wildman–Crippen LogP) is 1.37. The molecular weight excluding hydrogens is 232 g/mol. The van der Waals surface area contributed by atoms with Gasteiger partial charge < -0.3 is 19.5 Å². The Morgan fingerprint density at radius 3 is 2.78 bits per heavy atom. The highest BCUT2D eigenvalue weighted by Gasteiger charge is 2.15. The summed E-state index contributed by atoms with van der Waals surface area (Å²) >= 11 is 0. The van der Waals surface area contributed by atoms with Gasteiger partial charge in [0, 0.05) is 38.1 Å². The number of ether oxygens (including phenoxy) is 3. The Hall–Kier alpha value is -1.33. The molecule has 5 nitrogen and oxygen atoms in total. The van der Waals surface area contributed by atoms with Gasteiger partial charge in [-0.3, -0.25) is 4.98 Å². The summed E-state index contributed by atoms with van der Waals surface area (Å²) in [6.45, 7) is 2.35. The number of pyridine rings is 1. The molecule has 100 valence electrons. The van der Waals surface area contributed by atoms with Crippen molar-refractivity contribution < 1.29 is 14.2 Å². The van der Waals surface area contributed by atoms with Crippen LogP contribution in [0.25, 0.3) is 0 Å². The summed E-state index contributed by atoms with van der Waals surface area (Å²) in [4.78, 5) is 4.34. The van der Waals surface area contributed by atoms with E-state index in [9.17, 15) is 0 Å². The van der Waals surface area contributed by atoms with Crippen LogP contribution in [-0.2, 0) is 11.3 Å². The van der Waals surface area contributed by atoms with Crippen molar-refractivity contribution in [3.8, 4) is 11.5 Å². The van der Waals surface area contributed by atoms with Gasteiger partial charge in [-0.1, -0.05) is 0 Å². The lowest BCUT2D eigenvalue weighted by Gasteiger charge is -2.23. The van der Waals surface area contributed by atoms with Gasteiger partial charge in [-0.2, -0.15) is 0 Å². The second-order valence-electron chi connectivity index (χ2n) is 4.26. The summed E-state index contributed by atoms with van der Waals surface area (Å²) < 4.78 is 15.9. The lowest BCUT2D eigenvalue weighted by atomic mass is 10.1. The van der Waals surface area contributed by atoms with Crippen LogP contribution >= 0.6 is 0 Å². The van der Waals surface area contributed by atoms with Crippen molar-refractivity contribution in [1.29, 1.82) is 0 Å². The van der Waals surface area contributed by atoms with Crippen LogP contribution in [0.5, 0.6) is 11.5 Å². The first-order chi connectivity index (χ1) is 8.85. The summed E-state index contributed by atoms with van der Waals surface area (Å²) in [6.07, 6.45) is 3.83. The van der Waals surface area contributed by atoms with Crippen LogP contribution in [0, 0.1) is 0 Å². The average Bonchev–Trinajstić information content (AvgIpc) is 2.45. The number of nitrogens with zero attached hydrogens (tertiary/aromatic N) is 1. The summed E-state index contributed by atoms with van der Waals surface area (Å²) in [6, 6.07) is 2.30. The van der Waals surface area contributed by atoms with Crippen molar-refractivity contribution in [1.82, 2.24) is 10.3 Å². The van der Waals surface area contributed by atoms with Crippen LogP contribution in [-0.4, -0.2) is 38.5 Å². The van der Waals surface area contributed by atoms with E-state index in [0.29, 0.717) is 18.3 Å². The summed E-state index contributed by atoms with van der Waals surface area (Å²) in [7, 11) is 3.27. The smallest absolute Gasteiger partial charge is 0.183 e. The fraction of sp³-hybridized carbons (Fsp3) is 0.615. The lowest BCUT2D eigenvalue weighted by Crippen LogP contribution is -2.34. The molecule has 5 heteroatoms. The highest BCUT2D eigenvalue weighted by atomic mass is 16.5. The second-order valence-corrected chi connectivity index (χ2v) is 4.26. The van der Waals surface area contributed by atoms with E-state index in [2.05, 4.69) is 10.3 Å². The fourth-order valence-electron chi connectivity index (χ4n) is 2.12. The summed E-state index contributed by atoms with van der Waals surface area (Å²) in [5.74, 6) is 1.43. The average molecular weight is 252 g/mol. The number of aromatic nitrogens is 1. The van der Waals surface area contributed by atoms with Crippen LogP contribution < -0.4 is 14.8 Å². The van der Waals surface area contributed by atoms with Gasteiger partial charge in [0.1, 0.15) is 0 Å². The van der Waals surface area contributed by atoms with E-state index in [-0.39, 0.29) is 0 Å². The molecular formula is C13H20N2O3. The molecule has 0 spiro atoms. The zero-order chi connectivity index (χ0) is 12.8.